The van der Waals surface area contributed by atoms with Gasteiger partial charge in [-0.25, -0.2) is 0 Å². The summed E-state index contributed by atoms with van der Waals surface area (Å²) in [6.45, 7) is 9.44. The van der Waals surface area contributed by atoms with E-state index in [9.17, 15) is 0 Å². The van der Waals surface area contributed by atoms with Crippen molar-refractivity contribution in [3.8, 4) is 0 Å². The minimum Gasteiger partial charge on any atom is -0.329 e. The normalized spacial score (nSPS) is 27.2. The zero-order valence-corrected chi connectivity index (χ0v) is 13.5. The van der Waals surface area contributed by atoms with Crippen molar-refractivity contribution >= 4 is 0 Å². The molecule has 1 fully saturated rings. The third-order valence-electron chi connectivity index (χ3n) is 5.09. The van der Waals surface area contributed by atoms with Gasteiger partial charge in [0.25, 0.3) is 0 Å². The molecule has 1 aliphatic rings. The van der Waals surface area contributed by atoms with Crippen LogP contribution < -0.4 is 5.73 Å². The number of nitrogens with zero attached hydrogens (tertiary/aromatic N) is 3. The first-order chi connectivity index (χ1) is 9.50. The van der Waals surface area contributed by atoms with Gasteiger partial charge in [-0.15, -0.1) is 0 Å². The maximum Gasteiger partial charge on any atom is 0.0597 e. The molecule has 0 aromatic carbocycles. The molecule has 0 aliphatic heterocycles. The fraction of sp³-hybridized carbons (Fsp3) is 0.812. The van der Waals surface area contributed by atoms with Gasteiger partial charge in [0.2, 0.25) is 0 Å². The Labute approximate surface area is 123 Å². The lowest BCUT2D eigenvalue weighted by Gasteiger charge is -2.47. The summed E-state index contributed by atoms with van der Waals surface area (Å²) in [5, 5.41) is 4.46. The van der Waals surface area contributed by atoms with E-state index in [-0.39, 0.29) is 5.54 Å². The van der Waals surface area contributed by atoms with Gasteiger partial charge in [-0.3, -0.25) is 9.58 Å². The predicted octanol–water partition coefficient (Wildman–Crippen LogP) is 2.46. The smallest absolute Gasteiger partial charge is 0.0597 e. The van der Waals surface area contributed by atoms with Crippen LogP contribution in [0.4, 0.5) is 0 Å². The maximum absolute atomic E-state index is 6.19. The highest BCUT2D eigenvalue weighted by molar-refractivity contribution is 5.10. The fourth-order valence-corrected chi connectivity index (χ4v) is 3.57. The standard InChI is InChI=1S/C16H30N4/c1-5-20(11-15-10-14(3)18-19(15)4)16(12-17)8-6-13(2)7-9-16/h10,13H,5-9,11-12,17H2,1-4H3. The topological polar surface area (TPSA) is 47.1 Å². The van der Waals surface area contributed by atoms with Crippen LogP contribution in [0.1, 0.15) is 50.9 Å². The first-order valence-corrected chi connectivity index (χ1v) is 7.95. The molecule has 1 aromatic heterocycles. The third kappa shape index (κ3) is 3.07. The largest absolute Gasteiger partial charge is 0.329 e. The van der Waals surface area contributed by atoms with Crippen LogP contribution in [0.5, 0.6) is 0 Å². The lowest BCUT2D eigenvalue weighted by molar-refractivity contribution is 0.0405. The van der Waals surface area contributed by atoms with Crippen molar-refractivity contribution in [1.82, 2.24) is 14.7 Å². The molecule has 114 valence electrons. The average molecular weight is 278 g/mol. The summed E-state index contributed by atoms with van der Waals surface area (Å²) in [6.07, 6.45) is 5.07. The van der Waals surface area contributed by atoms with E-state index in [1.165, 1.54) is 31.4 Å². The average Bonchev–Trinajstić information content (AvgIpc) is 2.76. The fourth-order valence-electron chi connectivity index (χ4n) is 3.57. The molecule has 20 heavy (non-hydrogen) atoms. The Morgan fingerprint density at radius 3 is 2.55 bits per heavy atom. The van der Waals surface area contributed by atoms with Crippen molar-refractivity contribution in [2.45, 2.75) is 58.5 Å². The van der Waals surface area contributed by atoms with Crippen LogP contribution in [-0.2, 0) is 13.6 Å². The van der Waals surface area contributed by atoms with E-state index < -0.39 is 0 Å². The van der Waals surface area contributed by atoms with E-state index in [1.807, 2.05) is 11.7 Å². The Morgan fingerprint density at radius 2 is 2.10 bits per heavy atom. The minimum absolute atomic E-state index is 0.194. The molecule has 0 unspecified atom stereocenters. The molecule has 0 radical (unpaired) electrons. The molecule has 0 atom stereocenters. The molecule has 0 bridgehead atoms. The second kappa shape index (κ2) is 6.27. The van der Waals surface area contributed by atoms with E-state index in [2.05, 4.69) is 36.8 Å². The van der Waals surface area contributed by atoms with Gasteiger partial charge in [-0.2, -0.15) is 5.10 Å². The molecule has 2 N–H and O–H groups in total. The summed E-state index contributed by atoms with van der Waals surface area (Å²) in [6, 6.07) is 2.19. The highest BCUT2D eigenvalue weighted by Crippen LogP contribution is 2.36. The summed E-state index contributed by atoms with van der Waals surface area (Å²) in [5.41, 5.74) is 8.77. The van der Waals surface area contributed by atoms with Crippen molar-refractivity contribution < 1.29 is 0 Å². The molecule has 1 aliphatic carbocycles. The third-order valence-corrected chi connectivity index (χ3v) is 5.09. The number of likely N-dealkylation sites (N-methyl/N-ethyl adjacent to an activating group) is 1. The van der Waals surface area contributed by atoms with Gasteiger partial charge in [0.1, 0.15) is 0 Å². The van der Waals surface area contributed by atoms with Crippen LogP contribution in [0.3, 0.4) is 0 Å². The van der Waals surface area contributed by atoms with Crippen LogP contribution in [0, 0.1) is 12.8 Å². The van der Waals surface area contributed by atoms with E-state index in [4.69, 9.17) is 5.73 Å². The van der Waals surface area contributed by atoms with Crippen molar-refractivity contribution in [3.63, 3.8) is 0 Å². The number of aromatic nitrogens is 2. The summed E-state index contributed by atoms with van der Waals surface area (Å²) in [5.74, 6) is 0.854. The van der Waals surface area contributed by atoms with E-state index >= 15 is 0 Å². The van der Waals surface area contributed by atoms with Gasteiger partial charge in [0, 0.05) is 25.7 Å². The quantitative estimate of drug-likeness (QED) is 0.900. The number of hydrogen-bond acceptors (Lipinski definition) is 3. The number of nitrogens with two attached hydrogens (primary N) is 1. The van der Waals surface area contributed by atoms with Crippen molar-refractivity contribution in [1.29, 1.82) is 0 Å². The Morgan fingerprint density at radius 1 is 1.45 bits per heavy atom. The second-order valence-corrected chi connectivity index (χ2v) is 6.53. The molecule has 4 nitrogen and oxygen atoms in total. The highest BCUT2D eigenvalue weighted by atomic mass is 15.3. The van der Waals surface area contributed by atoms with E-state index in [0.29, 0.717) is 0 Å². The Bertz CT molecular complexity index is 430. The molecular formula is C16H30N4. The first kappa shape index (κ1) is 15.5. The molecule has 1 aromatic rings. The first-order valence-electron chi connectivity index (χ1n) is 7.95. The molecule has 0 spiro atoms. The summed E-state index contributed by atoms with van der Waals surface area (Å²) in [4.78, 5) is 2.58. The SMILES string of the molecule is CCN(Cc1cc(C)nn1C)C1(CN)CCC(C)CC1. The second-order valence-electron chi connectivity index (χ2n) is 6.53. The lowest BCUT2D eigenvalue weighted by Crippen LogP contribution is -2.55. The number of rotatable bonds is 5. The Hall–Kier alpha value is -0.870. The van der Waals surface area contributed by atoms with Crippen molar-refractivity contribution in [3.05, 3.63) is 17.5 Å². The number of aryl methyl sites for hydroxylation is 2. The minimum atomic E-state index is 0.194. The van der Waals surface area contributed by atoms with Crippen LogP contribution in [0.15, 0.2) is 6.07 Å². The van der Waals surface area contributed by atoms with Crippen molar-refractivity contribution in [2.75, 3.05) is 13.1 Å². The zero-order valence-electron chi connectivity index (χ0n) is 13.5. The summed E-state index contributed by atoms with van der Waals surface area (Å²) < 4.78 is 2.01. The van der Waals surface area contributed by atoms with Crippen LogP contribution in [0.25, 0.3) is 0 Å². The van der Waals surface area contributed by atoms with E-state index in [1.54, 1.807) is 0 Å². The van der Waals surface area contributed by atoms with Gasteiger partial charge in [0.05, 0.1) is 11.4 Å². The molecule has 1 saturated carbocycles. The zero-order chi connectivity index (χ0) is 14.8. The maximum atomic E-state index is 6.19. The van der Waals surface area contributed by atoms with E-state index in [0.717, 1.165) is 31.2 Å². The Kier molecular flexibility index (Phi) is 4.86. The molecule has 0 amide bonds. The monoisotopic (exact) mass is 278 g/mol. The van der Waals surface area contributed by atoms with Crippen LogP contribution in [-0.4, -0.2) is 33.3 Å². The van der Waals surface area contributed by atoms with Crippen LogP contribution >= 0.6 is 0 Å². The van der Waals surface area contributed by atoms with Gasteiger partial charge < -0.3 is 5.73 Å². The Balaban J connectivity index is 2.15. The predicted molar refractivity (Wildman–Crippen MR) is 83.4 cm³/mol. The molecular weight excluding hydrogens is 248 g/mol. The lowest BCUT2D eigenvalue weighted by atomic mass is 9.76. The van der Waals surface area contributed by atoms with Gasteiger partial charge >= 0.3 is 0 Å². The molecule has 0 saturated heterocycles. The molecule has 1 heterocycles. The molecule has 4 heteroatoms. The van der Waals surface area contributed by atoms with Gasteiger partial charge in [0.15, 0.2) is 0 Å². The van der Waals surface area contributed by atoms with Gasteiger partial charge in [-0.05, 0) is 51.1 Å². The van der Waals surface area contributed by atoms with Crippen LogP contribution in [0.2, 0.25) is 0 Å². The summed E-state index contributed by atoms with van der Waals surface area (Å²) >= 11 is 0. The number of hydrogen-bond donors (Lipinski definition) is 1. The van der Waals surface area contributed by atoms with Gasteiger partial charge in [-0.1, -0.05) is 13.8 Å². The van der Waals surface area contributed by atoms with Crippen molar-refractivity contribution in [2.24, 2.45) is 18.7 Å². The summed E-state index contributed by atoms with van der Waals surface area (Å²) in [7, 11) is 2.04. The molecule has 2 rings (SSSR count). The highest BCUT2D eigenvalue weighted by Gasteiger charge is 2.37.